The predicted octanol–water partition coefficient (Wildman–Crippen LogP) is 3.49. The highest BCUT2D eigenvalue weighted by Gasteiger charge is 2.35. The highest BCUT2D eigenvalue weighted by atomic mass is 16.6. The topological polar surface area (TPSA) is 65.5 Å². The Morgan fingerprint density at radius 2 is 1.92 bits per heavy atom. The van der Waals surface area contributed by atoms with Crippen LogP contribution in [-0.4, -0.2) is 29.1 Å². The van der Waals surface area contributed by atoms with Gasteiger partial charge < -0.3 is 9.47 Å². The molecule has 0 spiro atoms. The van der Waals surface area contributed by atoms with Gasteiger partial charge in [0.25, 0.3) is 0 Å². The zero-order valence-corrected chi connectivity index (χ0v) is 15.9. The first-order valence-electron chi connectivity index (χ1n) is 8.26. The average Bonchev–Trinajstić information content (AvgIpc) is 2.49. The SMILES string of the molecule is CC(=O)OCC#C[C@@H](CC(C)(C)C(=O)OC(C)(C)C)c1cccnc1. The number of rotatable bonds is 5. The van der Waals surface area contributed by atoms with Crippen LogP contribution in [0.4, 0.5) is 0 Å². The van der Waals surface area contributed by atoms with Crippen molar-refractivity contribution in [1.82, 2.24) is 4.98 Å². The van der Waals surface area contributed by atoms with Gasteiger partial charge >= 0.3 is 11.9 Å². The lowest BCUT2D eigenvalue weighted by molar-refractivity contribution is -0.166. The van der Waals surface area contributed by atoms with E-state index in [2.05, 4.69) is 16.8 Å². The monoisotopic (exact) mass is 345 g/mol. The van der Waals surface area contributed by atoms with Crippen LogP contribution in [0.2, 0.25) is 0 Å². The lowest BCUT2D eigenvalue weighted by Crippen LogP contribution is -2.34. The summed E-state index contributed by atoms with van der Waals surface area (Å²) in [6.45, 7) is 10.6. The van der Waals surface area contributed by atoms with Crippen molar-refractivity contribution in [3.05, 3.63) is 30.1 Å². The van der Waals surface area contributed by atoms with E-state index in [1.165, 1.54) is 6.92 Å². The van der Waals surface area contributed by atoms with Crippen molar-refractivity contribution in [2.75, 3.05) is 6.61 Å². The van der Waals surface area contributed by atoms with Crippen molar-refractivity contribution in [3.63, 3.8) is 0 Å². The smallest absolute Gasteiger partial charge is 0.312 e. The van der Waals surface area contributed by atoms with Crippen molar-refractivity contribution >= 4 is 11.9 Å². The molecule has 1 rings (SSSR count). The first-order chi connectivity index (χ1) is 11.5. The second-order valence-electron chi connectivity index (χ2n) is 7.53. The van der Waals surface area contributed by atoms with E-state index in [1.54, 1.807) is 12.4 Å². The second kappa shape index (κ2) is 8.66. The molecule has 0 amide bonds. The molecular weight excluding hydrogens is 318 g/mol. The van der Waals surface area contributed by atoms with Crippen molar-refractivity contribution in [3.8, 4) is 11.8 Å². The minimum absolute atomic E-state index is 0.0267. The van der Waals surface area contributed by atoms with E-state index in [0.717, 1.165) is 5.56 Å². The van der Waals surface area contributed by atoms with Crippen LogP contribution in [0.25, 0.3) is 0 Å². The van der Waals surface area contributed by atoms with E-state index >= 15 is 0 Å². The fraction of sp³-hybridized carbons (Fsp3) is 0.550. The molecular formula is C20H27NO4. The highest BCUT2D eigenvalue weighted by molar-refractivity contribution is 5.76. The Balaban J connectivity index is 2.96. The van der Waals surface area contributed by atoms with Crippen LogP contribution in [0, 0.1) is 17.3 Å². The van der Waals surface area contributed by atoms with Gasteiger partial charge in [-0.25, -0.2) is 0 Å². The maximum Gasteiger partial charge on any atom is 0.312 e. The summed E-state index contributed by atoms with van der Waals surface area (Å²) in [5.41, 5.74) is -0.349. The largest absolute Gasteiger partial charge is 0.460 e. The quantitative estimate of drug-likeness (QED) is 0.604. The number of hydrogen-bond donors (Lipinski definition) is 0. The molecule has 0 radical (unpaired) electrons. The molecule has 0 aliphatic heterocycles. The Hall–Kier alpha value is -2.35. The second-order valence-corrected chi connectivity index (χ2v) is 7.53. The molecule has 0 N–H and O–H groups in total. The molecule has 1 atom stereocenters. The summed E-state index contributed by atoms with van der Waals surface area (Å²) in [4.78, 5) is 27.5. The molecule has 0 saturated heterocycles. The van der Waals surface area contributed by atoms with Crippen LogP contribution >= 0.6 is 0 Å². The third-order valence-corrected chi connectivity index (χ3v) is 3.38. The molecule has 0 aliphatic carbocycles. The molecule has 5 nitrogen and oxygen atoms in total. The van der Waals surface area contributed by atoms with Crippen LogP contribution in [0.1, 0.15) is 59.4 Å². The summed E-state index contributed by atoms with van der Waals surface area (Å²) in [7, 11) is 0. The van der Waals surface area contributed by atoms with Crippen molar-refractivity contribution in [1.29, 1.82) is 0 Å². The lowest BCUT2D eigenvalue weighted by Gasteiger charge is -2.30. The number of carbonyl (C=O) groups is 2. The molecule has 136 valence electrons. The Morgan fingerprint density at radius 3 is 2.44 bits per heavy atom. The Bertz CT molecular complexity index is 648. The summed E-state index contributed by atoms with van der Waals surface area (Å²) < 4.78 is 10.4. The predicted molar refractivity (Wildman–Crippen MR) is 95.6 cm³/mol. The van der Waals surface area contributed by atoms with Crippen LogP contribution < -0.4 is 0 Å². The summed E-state index contributed by atoms with van der Waals surface area (Å²) in [5.74, 6) is 5.08. The molecule has 0 unspecified atom stereocenters. The number of nitrogens with zero attached hydrogens (tertiary/aromatic N) is 1. The first kappa shape index (κ1) is 20.7. The van der Waals surface area contributed by atoms with E-state index in [4.69, 9.17) is 9.47 Å². The third kappa shape index (κ3) is 7.84. The maximum atomic E-state index is 12.5. The minimum Gasteiger partial charge on any atom is -0.460 e. The molecule has 1 aromatic heterocycles. The fourth-order valence-electron chi connectivity index (χ4n) is 2.15. The van der Waals surface area contributed by atoms with Gasteiger partial charge in [0, 0.05) is 25.2 Å². The van der Waals surface area contributed by atoms with Crippen molar-refractivity contribution < 1.29 is 19.1 Å². The minimum atomic E-state index is -0.718. The average molecular weight is 345 g/mol. The third-order valence-electron chi connectivity index (χ3n) is 3.38. The number of esters is 2. The van der Waals surface area contributed by atoms with E-state index in [9.17, 15) is 9.59 Å². The number of aromatic nitrogens is 1. The molecule has 0 aromatic carbocycles. The number of ether oxygens (including phenoxy) is 2. The molecule has 0 saturated carbocycles. The van der Waals surface area contributed by atoms with Crippen molar-refractivity contribution in [2.45, 2.75) is 59.5 Å². The highest BCUT2D eigenvalue weighted by Crippen LogP contribution is 2.33. The molecule has 0 bridgehead atoms. The zero-order valence-electron chi connectivity index (χ0n) is 15.9. The number of hydrogen-bond acceptors (Lipinski definition) is 5. The standard InChI is InChI=1S/C20H27NO4/c1-15(22)24-12-8-10-16(17-9-7-11-21-14-17)13-20(5,6)18(23)25-19(2,3)4/h7,9,11,14,16H,12-13H2,1-6H3/t16-/m0/s1. The van der Waals surface area contributed by atoms with Crippen molar-refractivity contribution in [2.24, 2.45) is 5.41 Å². The molecule has 25 heavy (non-hydrogen) atoms. The number of carbonyl (C=O) groups excluding carboxylic acids is 2. The molecule has 1 aromatic rings. The van der Waals surface area contributed by atoms with E-state index in [1.807, 2.05) is 46.8 Å². The summed E-state index contributed by atoms with van der Waals surface area (Å²) >= 11 is 0. The van der Waals surface area contributed by atoms with Crippen LogP contribution in [-0.2, 0) is 19.1 Å². The lowest BCUT2D eigenvalue weighted by atomic mass is 9.80. The summed E-state index contributed by atoms with van der Waals surface area (Å²) in [6.07, 6.45) is 3.89. The van der Waals surface area contributed by atoms with Gasteiger partial charge in [-0.15, -0.1) is 0 Å². The van der Waals surface area contributed by atoms with Crippen LogP contribution in [0.3, 0.4) is 0 Å². The Labute approximate surface area is 150 Å². The van der Waals surface area contributed by atoms with Gasteiger partial charge in [-0.3, -0.25) is 14.6 Å². The molecule has 5 heteroatoms. The van der Waals surface area contributed by atoms with E-state index < -0.39 is 11.0 Å². The van der Waals surface area contributed by atoms with Gasteiger partial charge in [0.05, 0.1) is 5.41 Å². The van der Waals surface area contributed by atoms with Gasteiger partial charge in [-0.2, -0.15) is 0 Å². The van der Waals surface area contributed by atoms with Crippen LogP contribution in [0.5, 0.6) is 0 Å². The fourth-order valence-corrected chi connectivity index (χ4v) is 2.15. The van der Waals surface area contributed by atoms with Gasteiger partial charge in [0.15, 0.2) is 6.61 Å². The summed E-state index contributed by atoms with van der Waals surface area (Å²) in [6, 6.07) is 3.75. The maximum absolute atomic E-state index is 12.5. The van der Waals surface area contributed by atoms with Crippen LogP contribution in [0.15, 0.2) is 24.5 Å². The van der Waals surface area contributed by atoms with Gasteiger partial charge in [0.2, 0.25) is 0 Å². The van der Waals surface area contributed by atoms with E-state index in [0.29, 0.717) is 6.42 Å². The zero-order chi connectivity index (χ0) is 19.1. The number of pyridine rings is 1. The van der Waals surface area contributed by atoms with E-state index in [-0.39, 0.29) is 24.5 Å². The van der Waals surface area contributed by atoms with Gasteiger partial charge in [0.1, 0.15) is 5.60 Å². The normalized spacial score (nSPS) is 12.6. The first-order valence-corrected chi connectivity index (χ1v) is 8.26. The summed E-state index contributed by atoms with van der Waals surface area (Å²) in [5, 5.41) is 0. The van der Waals surface area contributed by atoms with Gasteiger partial charge in [-0.1, -0.05) is 17.9 Å². The van der Waals surface area contributed by atoms with Gasteiger partial charge in [-0.05, 0) is 52.7 Å². The molecule has 0 aliphatic rings. The Morgan fingerprint density at radius 1 is 1.24 bits per heavy atom. The molecule has 1 heterocycles. The molecule has 0 fully saturated rings. The Kier molecular flexibility index (Phi) is 7.17.